The van der Waals surface area contributed by atoms with Gasteiger partial charge in [-0.1, -0.05) is 0 Å². The Morgan fingerprint density at radius 3 is 2.85 bits per heavy atom. The van der Waals surface area contributed by atoms with Gasteiger partial charge in [0.25, 0.3) is 0 Å². The lowest BCUT2D eigenvalue weighted by molar-refractivity contribution is 0.219. The molecule has 0 aliphatic rings. The molecule has 0 bridgehead atoms. The molecule has 2 heterocycles. The van der Waals surface area contributed by atoms with E-state index < -0.39 is 6.10 Å². The highest BCUT2D eigenvalue weighted by Crippen LogP contribution is 2.27. The van der Waals surface area contributed by atoms with Gasteiger partial charge in [0.2, 0.25) is 0 Å². The van der Waals surface area contributed by atoms with Crippen molar-refractivity contribution in [2.45, 2.75) is 13.0 Å². The number of aliphatic hydroxyl groups is 1. The molecule has 0 amide bonds. The summed E-state index contributed by atoms with van der Waals surface area (Å²) in [6.45, 7) is 2.01. The number of aromatic amines is 1. The Balaban J connectivity index is 2.33. The third kappa shape index (κ3) is 1.53. The van der Waals surface area contributed by atoms with Gasteiger partial charge in [-0.05, 0) is 36.1 Å². The van der Waals surface area contributed by atoms with Gasteiger partial charge in [0.05, 0.1) is 0 Å². The van der Waals surface area contributed by atoms with E-state index in [0.29, 0.717) is 0 Å². The van der Waals surface area contributed by atoms with Gasteiger partial charge < -0.3 is 10.1 Å². The fourth-order valence-corrected chi connectivity index (χ4v) is 2.25. The quantitative estimate of drug-likeness (QED) is 0.755. The molecule has 2 aromatic rings. The van der Waals surface area contributed by atoms with Crippen molar-refractivity contribution in [3.8, 4) is 0 Å². The highest BCUT2D eigenvalue weighted by atomic mass is 32.1. The second-order valence-electron chi connectivity index (χ2n) is 3.00. The number of nitrogens with one attached hydrogen (secondary N) is 1. The number of aryl methyl sites for hydroxylation is 1. The number of aromatic nitrogens is 1. The minimum atomic E-state index is -0.505. The summed E-state index contributed by atoms with van der Waals surface area (Å²) in [7, 11) is 0. The summed E-state index contributed by atoms with van der Waals surface area (Å²) >= 11 is 1.59. The Bertz CT molecular complexity index is 377. The third-order valence-corrected chi connectivity index (χ3v) is 3.14. The third-order valence-electron chi connectivity index (χ3n) is 2.07. The van der Waals surface area contributed by atoms with Gasteiger partial charge in [-0.25, -0.2) is 0 Å². The summed E-state index contributed by atoms with van der Waals surface area (Å²) in [6, 6.07) is 5.80. The Morgan fingerprint density at radius 2 is 2.31 bits per heavy atom. The van der Waals surface area contributed by atoms with E-state index >= 15 is 0 Å². The Labute approximate surface area is 80.9 Å². The molecular weight excluding hydrogens is 182 g/mol. The molecule has 13 heavy (non-hydrogen) atoms. The lowest BCUT2D eigenvalue weighted by Gasteiger charge is -2.07. The van der Waals surface area contributed by atoms with Crippen LogP contribution in [0.2, 0.25) is 0 Å². The fourth-order valence-electron chi connectivity index (χ4n) is 1.32. The standard InChI is InChI=1S/C10H11NOS/c1-7-4-6-13-10(7)9(12)8-3-2-5-11-8/h2-6,9,11-12H,1H3. The molecule has 0 saturated carbocycles. The van der Waals surface area contributed by atoms with Crippen LogP contribution in [0.4, 0.5) is 0 Å². The van der Waals surface area contributed by atoms with E-state index in [-0.39, 0.29) is 0 Å². The van der Waals surface area contributed by atoms with E-state index in [1.807, 2.05) is 36.7 Å². The summed E-state index contributed by atoms with van der Waals surface area (Å²) in [5, 5.41) is 11.9. The van der Waals surface area contributed by atoms with Gasteiger partial charge in [0.15, 0.2) is 0 Å². The number of H-pyrrole nitrogens is 1. The molecule has 0 aliphatic heterocycles. The molecule has 0 fully saturated rings. The van der Waals surface area contributed by atoms with Crippen molar-refractivity contribution < 1.29 is 5.11 Å². The molecule has 0 radical (unpaired) electrons. The second-order valence-corrected chi connectivity index (χ2v) is 3.94. The van der Waals surface area contributed by atoms with E-state index in [1.165, 1.54) is 0 Å². The first kappa shape index (κ1) is 8.53. The van der Waals surface area contributed by atoms with E-state index in [2.05, 4.69) is 4.98 Å². The first-order valence-electron chi connectivity index (χ1n) is 4.14. The van der Waals surface area contributed by atoms with Crippen LogP contribution in [-0.4, -0.2) is 10.1 Å². The highest BCUT2D eigenvalue weighted by molar-refractivity contribution is 7.10. The minimum Gasteiger partial charge on any atom is -0.381 e. The number of aliphatic hydroxyl groups excluding tert-OH is 1. The molecule has 2 N–H and O–H groups in total. The van der Waals surface area contributed by atoms with E-state index in [0.717, 1.165) is 16.1 Å². The number of thiophene rings is 1. The van der Waals surface area contributed by atoms with Crippen LogP contribution in [0, 0.1) is 6.92 Å². The molecule has 0 saturated heterocycles. The van der Waals surface area contributed by atoms with E-state index in [9.17, 15) is 5.11 Å². The van der Waals surface area contributed by atoms with Crippen LogP contribution in [0.15, 0.2) is 29.8 Å². The predicted molar refractivity (Wildman–Crippen MR) is 53.9 cm³/mol. The normalized spacial score (nSPS) is 13.1. The smallest absolute Gasteiger partial charge is 0.128 e. The lowest BCUT2D eigenvalue weighted by Crippen LogP contribution is -1.98. The molecule has 3 heteroatoms. The maximum Gasteiger partial charge on any atom is 0.128 e. The second kappa shape index (κ2) is 3.36. The van der Waals surface area contributed by atoms with Crippen molar-refractivity contribution in [2.75, 3.05) is 0 Å². The Morgan fingerprint density at radius 1 is 1.46 bits per heavy atom. The molecule has 1 atom stereocenters. The van der Waals surface area contributed by atoms with Crippen molar-refractivity contribution in [1.29, 1.82) is 0 Å². The molecule has 2 aromatic heterocycles. The molecule has 2 nitrogen and oxygen atoms in total. The van der Waals surface area contributed by atoms with Crippen LogP contribution in [0.25, 0.3) is 0 Å². The van der Waals surface area contributed by atoms with Crippen molar-refractivity contribution >= 4 is 11.3 Å². The average molecular weight is 193 g/mol. The average Bonchev–Trinajstić information content (AvgIpc) is 2.72. The van der Waals surface area contributed by atoms with Crippen LogP contribution in [0.3, 0.4) is 0 Å². The van der Waals surface area contributed by atoms with E-state index in [4.69, 9.17) is 0 Å². The zero-order valence-electron chi connectivity index (χ0n) is 7.32. The highest BCUT2D eigenvalue weighted by Gasteiger charge is 2.14. The number of hydrogen-bond acceptors (Lipinski definition) is 2. The van der Waals surface area contributed by atoms with Gasteiger partial charge in [-0.2, -0.15) is 0 Å². The van der Waals surface area contributed by atoms with Crippen LogP contribution in [-0.2, 0) is 0 Å². The number of hydrogen-bond donors (Lipinski definition) is 2. The van der Waals surface area contributed by atoms with Crippen LogP contribution in [0.1, 0.15) is 22.2 Å². The van der Waals surface area contributed by atoms with E-state index in [1.54, 1.807) is 11.3 Å². The predicted octanol–water partition coefficient (Wildman–Crippen LogP) is 2.47. The van der Waals surface area contributed by atoms with Gasteiger partial charge >= 0.3 is 0 Å². The topological polar surface area (TPSA) is 36.0 Å². The Kier molecular flexibility index (Phi) is 2.20. The molecule has 2 rings (SSSR count). The summed E-state index contributed by atoms with van der Waals surface area (Å²) in [6.07, 6.45) is 1.32. The molecule has 1 unspecified atom stereocenters. The van der Waals surface area contributed by atoms with Crippen LogP contribution >= 0.6 is 11.3 Å². The number of rotatable bonds is 2. The van der Waals surface area contributed by atoms with Crippen molar-refractivity contribution in [2.24, 2.45) is 0 Å². The molecule has 0 spiro atoms. The molecular formula is C10H11NOS. The Hall–Kier alpha value is -1.06. The summed E-state index contributed by atoms with van der Waals surface area (Å²) in [5.41, 5.74) is 2.00. The van der Waals surface area contributed by atoms with Gasteiger partial charge in [-0.15, -0.1) is 11.3 Å². The van der Waals surface area contributed by atoms with Crippen LogP contribution < -0.4 is 0 Å². The summed E-state index contributed by atoms with van der Waals surface area (Å²) in [5.74, 6) is 0. The van der Waals surface area contributed by atoms with Crippen molar-refractivity contribution in [3.63, 3.8) is 0 Å². The monoisotopic (exact) mass is 193 g/mol. The first-order valence-corrected chi connectivity index (χ1v) is 5.02. The molecule has 0 aromatic carbocycles. The maximum atomic E-state index is 9.93. The largest absolute Gasteiger partial charge is 0.381 e. The zero-order chi connectivity index (χ0) is 9.26. The summed E-state index contributed by atoms with van der Waals surface area (Å²) in [4.78, 5) is 4.03. The van der Waals surface area contributed by atoms with Crippen molar-refractivity contribution in [1.82, 2.24) is 4.98 Å². The van der Waals surface area contributed by atoms with Crippen LogP contribution in [0.5, 0.6) is 0 Å². The van der Waals surface area contributed by atoms with Crippen molar-refractivity contribution in [3.05, 3.63) is 45.9 Å². The fraction of sp³-hybridized carbons (Fsp3) is 0.200. The first-order chi connectivity index (χ1) is 6.29. The summed E-state index contributed by atoms with van der Waals surface area (Å²) < 4.78 is 0. The van der Waals surface area contributed by atoms with Gasteiger partial charge in [-0.3, -0.25) is 0 Å². The maximum absolute atomic E-state index is 9.93. The SMILES string of the molecule is Cc1ccsc1C(O)c1ccc[nH]1. The molecule has 68 valence electrons. The molecule has 0 aliphatic carbocycles. The zero-order valence-corrected chi connectivity index (χ0v) is 8.14. The van der Waals surface area contributed by atoms with Gasteiger partial charge in [0, 0.05) is 16.8 Å². The lowest BCUT2D eigenvalue weighted by atomic mass is 10.1. The van der Waals surface area contributed by atoms with Gasteiger partial charge in [0.1, 0.15) is 6.10 Å². The minimum absolute atomic E-state index is 0.505.